The van der Waals surface area contributed by atoms with E-state index in [4.69, 9.17) is 5.73 Å². The lowest BCUT2D eigenvalue weighted by atomic mass is 9.85. The third kappa shape index (κ3) is 6.05. The molecule has 3 N–H and O–H groups in total. The first-order chi connectivity index (χ1) is 10.7. The van der Waals surface area contributed by atoms with Crippen LogP contribution in [0.2, 0.25) is 0 Å². The Balaban J connectivity index is 0.00000144. The molecule has 1 aliphatic heterocycles. The molecular weight excluding hydrogens is 345 g/mol. The maximum absolute atomic E-state index is 12.4. The van der Waals surface area contributed by atoms with Gasteiger partial charge in [0, 0.05) is 37.1 Å². The van der Waals surface area contributed by atoms with Crippen molar-refractivity contribution in [3.05, 3.63) is 0 Å². The first-order valence-corrected chi connectivity index (χ1v) is 9.52. The van der Waals surface area contributed by atoms with E-state index in [1.807, 2.05) is 0 Å². The Hall–Kier alpha value is -0.0300. The number of hydrogen-bond donors (Lipinski definition) is 2. The standard InChI is InChI=1S/C18H33N3O.2ClH/c19-15-6-4-5-14(13-15)18(22)20-16-9-11-21(12-10-16)17-7-2-1-3-8-17;;/h14-17H,1-13,19H2,(H,20,22);2*1H. The van der Waals surface area contributed by atoms with Crippen molar-refractivity contribution >= 4 is 30.7 Å². The van der Waals surface area contributed by atoms with E-state index in [0.29, 0.717) is 6.04 Å². The van der Waals surface area contributed by atoms with Crippen molar-refractivity contribution in [2.45, 2.75) is 88.8 Å². The van der Waals surface area contributed by atoms with Gasteiger partial charge < -0.3 is 16.0 Å². The molecule has 6 heteroatoms. The monoisotopic (exact) mass is 379 g/mol. The molecule has 24 heavy (non-hydrogen) atoms. The predicted molar refractivity (Wildman–Crippen MR) is 104 cm³/mol. The van der Waals surface area contributed by atoms with E-state index in [9.17, 15) is 4.79 Å². The topological polar surface area (TPSA) is 58.4 Å². The van der Waals surface area contributed by atoms with E-state index in [1.165, 1.54) is 45.2 Å². The van der Waals surface area contributed by atoms with Gasteiger partial charge in [-0.3, -0.25) is 4.79 Å². The molecule has 3 rings (SSSR count). The van der Waals surface area contributed by atoms with Crippen molar-refractivity contribution in [3.63, 3.8) is 0 Å². The highest BCUT2D eigenvalue weighted by Gasteiger charge is 2.30. The van der Waals surface area contributed by atoms with Gasteiger partial charge in [-0.15, -0.1) is 24.8 Å². The second-order valence-electron chi connectivity index (χ2n) is 7.73. The Labute approximate surface area is 159 Å². The summed E-state index contributed by atoms with van der Waals surface area (Å²) < 4.78 is 0. The number of halogens is 2. The summed E-state index contributed by atoms with van der Waals surface area (Å²) in [5, 5.41) is 3.31. The molecule has 2 unspecified atom stereocenters. The van der Waals surface area contributed by atoms with Crippen LogP contribution in [0.1, 0.15) is 70.6 Å². The van der Waals surface area contributed by atoms with E-state index >= 15 is 0 Å². The number of piperidine rings is 1. The van der Waals surface area contributed by atoms with E-state index in [-0.39, 0.29) is 42.7 Å². The molecule has 2 saturated carbocycles. The maximum Gasteiger partial charge on any atom is 0.223 e. The Bertz CT molecular complexity index is 369. The largest absolute Gasteiger partial charge is 0.353 e. The Kier molecular flexibility index (Phi) is 9.95. The van der Waals surface area contributed by atoms with Crippen molar-refractivity contribution in [1.82, 2.24) is 10.2 Å². The van der Waals surface area contributed by atoms with Crippen LogP contribution in [-0.2, 0) is 4.79 Å². The highest BCUT2D eigenvalue weighted by Crippen LogP contribution is 2.26. The number of likely N-dealkylation sites (tertiary alicyclic amines) is 1. The van der Waals surface area contributed by atoms with Gasteiger partial charge in [-0.25, -0.2) is 0 Å². The minimum Gasteiger partial charge on any atom is -0.353 e. The van der Waals surface area contributed by atoms with Crippen molar-refractivity contribution in [1.29, 1.82) is 0 Å². The molecule has 3 fully saturated rings. The number of amides is 1. The van der Waals surface area contributed by atoms with E-state index < -0.39 is 0 Å². The van der Waals surface area contributed by atoms with Crippen molar-refractivity contribution in [2.75, 3.05) is 13.1 Å². The smallest absolute Gasteiger partial charge is 0.223 e. The number of nitrogens with two attached hydrogens (primary N) is 1. The average molecular weight is 380 g/mol. The number of carbonyl (C=O) groups is 1. The first-order valence-electron chi connectivity index (χ1n) is 9.52. The van der Waals surface area contributed by atoms with Crippen LogP contribution >= 0.6 is 24.8 Å². The number of hydrogen-bond acceptors (Lipinski definition) is 3. The van der Waals surface area contributed by atoms with Crippen LogP contribution in [0.4, 0.5) is 0 Å². The lowest BCUT2D eigenvalue weighted by Gasteiger charge is -2.39. The highest BCUT2D eigenvalue weighted by molar-refractivity contribution is 5.85. The highest BCUT2D eigenvalue weighted by atomic mass is 35.5. The summed E-state index contributed by atoms with van der Waals surface area (Å²) in [5.41, 5.74) is 6.01. The molecule has 0 aromatic heterocycles. The fraction of sp³-hybridized carbons (Fsp3) is 0.944. The number of rotatable bonds is 3. The summed E-state index contributed by atoms with van der Waals surface area (Å²) in [7, 11) is 0. The average Bonchev–Trinajstić information content (AvgIpc) is 2.56. The Morgan fingerprint density at radius 3 is 2.17 bits per heavy atom. The lowest BCUT2D eigenvalue weighted by molar-refractivity contribution is -0.127. The van der Waals surface area contributed by atoms with Gasteiger partial charge in [-0.1, -0.05) is 25.7 Å². The number of nitrogens with one attached hydrogen (secondary N) is 1. The van der Waals surface area contributed by atoms with Crippen molar-refractivity contribution in [2.24, 2.45) is 11.7 Å². The Morgan fingerprint density at radius 1 is 0.875 bits per heavy atom. The zero-order valence-corrected chi connectivity index (χ0v) is 16.4. The molecule has 4 nitrogen and oxygen atoms in total. The molecule has 2 atom stereocenters. The molecular formula is C18H35Cl2N3O. The van der Waals surface area contributed by atoms with Gasteiger partial charge in [0.25, 0.3) is 0 Å². The molecule has 142 valence electrons. The number of nitrogens with zero attached hydrogens (tertiary/aromatic N) is 1. The summed E-state index contributed by atoms with van der Waals surface area (Å²) in [6.45, 7) is 2.33. The van der Waals surface area contributed by atoms with Crippen LogP contribution in [0.15, 0.2) is 0 Å². The molecule has 0 bridgehead atoms. The predicted octanol–water partition coefficient (Wildman–Crippen LogP) is 3.26. The summed E-state index contributed by atoms with van der Waals surface area (Å²) in [5.74, 6) is 0.436. The van der Waals surface area contributed by atoms with Crippen LogP contribution < -0.4 is 11.1 Å². The SMILES string of the molecule is Cl.Cl.NC1CCCC(C(=O)NC2CCN(C3CCCCC3)CC2)C1. The third-order valence-electron chi connectivity index (χ3n) is 6.05. The van der Waals surface area contributed by atoms with E-state index in [1.54, 1.807) is 0 Å². The number of carbonyl (C=O) groups excluding carboxylic acids is 1. The molecule has 0 aromatic carbocycles. The molecule has 3 aliphatic rings. The van der Waals surface area contributed by atoms with Crippen LogP contribution in [0, 0.1) is 5.92 Å². The van der Waals surface area contributed by atoms with Crippen LogP contribution in [0.5, 0.6) is 0 Å². The molecule has 1 heterocycles. The molecule has 1 amide bonds. The molecule has 0 aromatic rings. The fourth-order valence-electron chi connectivity index (χ4n) is 4.64. The zero-order chi connectivity index (χ0) is 15.4. The van der Waals surface area contributed by atoms with Crippen molar-refractivity contribution < 1.29 is 4.79 Å². The van der Waals surface area contributed by atoms with E-state index in [0.717, 1.165) is 44.6 Å². The minimum absolute atomic E-state index is 0. The second-order valence-corrected chi connectivity index (χ2v) is 7.73. The van der Waals surface area contributed by atoms with Crippen LogP contribution in [-0.4, -0.2) is 42.0 Å². The minimum atomic E-state index is 0. The van der Waals surface area contributed by atoms with Crippen LogP contribution in [0.25, 0.3) is 0 Å². The van der Waals surface area contributed by atoms with Gasteiger partial charge >= 0.3 is 0 Å². The summed E-state index contributed by atoms with van der Waals surface area (Å²) in [6, 6.07) is 1.45. The third-order valence-corrected chi connectivity index (χ3v) is 6.05. The zero-order valence-electron chi connectivity index (χ0n) is 14.8. The maximum atomic E-state index is 12.4. The summed E-state index contributed by atoms with van der Waals surface area (Å²) >= 11 is 0. The van der Waals surface area contributed by atoms with Gasteiger partial charge in [0.15, 0.2) is 0 Å². The second kappa shape index (κ2) is 10.8. The molecule has 0 radical (unpaired) electrons. The van der Waals surface area contributed by atoms with Gasteiger partial charge in [0.1, 0.15) is 0 Å². The summed E-state index contributed by atoms with van der Waals surface area (Å²) in [6.07, 6.45) is 13.4. The first kappa shape index (κ1) is 22.0. The summed E-state index contributed by atoms with van der Waals surface area (Å²) in [4.78, 5) is 15.1. The normalized spacial score (nSPS) is 30.0. The quantitative estimate of drug-likeness (QED) is 0.790. The Morgan fingerprint density at radius 2 is 1.54 bits per heavy atom. The van der Waals surface area contributed by atoms with Gasteiger partial charge in [0.05, 0.1) is 0 Å². The van der Waals surface area contributed by atoms with Gasteiger partial charge in [-0.2, -0.15) is 0 Å². The fourth-order valence-corrected chi connectivity index (χ4v) is 4.64. The lowest BCUT2D eigenvalue weighted by Crippen LogP contribution is -2.50. The van der Waals surface area contributed by atoms with Gasteiger partial charge in [-0.05, 0) is 44.9 Å². The van der Waals surface area contributed by atoms with E-state index in [2.05, 4.69) is 10.2 Å². The molecule has 2 aliphatic carbocycles. The van der Waals surface area contributed by atoms with Crippen LogP contribution in [0.3, 0.4) is 0 Å². The molecule has 1 saturated heterocycles. The van der Waals surface area contributed by atoms with Crippen molar-refractivity contribution in [3.8, 4) is 0 Å². The molecule has 0 spiro atoms. The van der Waals surface area contributed by atoms with Gasteiger partial charge in [0.2, 0.25) is 5.91 Å².